The first-order valence-electron chi connectivity index (χ1n) is 22.4. The maximum atomic E-state index is 13.1. The topological polar surface area (TPSA) is 95.9 Å². The van der Waals surface area contributed by atoms with Gasteiger partial charge < -0.3 is 20.3 Å². The Morgan fingerprint density at radius 2 is 1.06 bits per heavy atom. The van der Waals surface area contributed by atoms with Crippen molar-refractivity contribution in [2.45, 2.75) is 232 Å². The number of allylic oxidation sites excluding steroid dienone is 8. The van der Waals surface area contributed by atoms with Crippen molar-refractivity contribution in [3.05, 3.63) is 48.6 Å². The van der Waals surface area contributed by atoms with Crippen LogP contribution in [0.2, 0.25) is 0 Å². The zero-order valence-electron chi connectivity index (χ0n) is 34.9. The molecule has 0 aromatic carbocycles. The molecule has 0 aromatic heterocycles. The number of hydrogen-bond acceptors (Lipinski definition) is 5. The van der Waals surface area contributed by atoms with Crippen molar-refractivity contribution in [3.63, 3.8) is 0 Å². The second-order valence-corrected chi connectivity index (χ2v) is 15.1. The molecule has 6 heteroatoms. The van der Waals surface area contributed by atoms with E-state index in [1.807, 2.05) is 0 Å². The lowest BCUT2D eigenvalue weighted by Crippen LogP contribution is -2.46. The molecule has 308 valence electrons. The summed E-state index contributed by atoms with van der Waals surface area (Å²) in [6.07, 6.45) is 47.5. The van der Waals surface area contributed by atoms with Crippen molar-refractivity contribution in [2.24, 2.45) is 0 Å². The quantitative estimate of drug-likeness (QED) is 0.0331. The van der Waals surface area contributed by atoms with E-state index in [9.17, 15) is 19.8 Å². The van der Waals surface area contributed by atoms with Crippen molar-refractivity contribution in [1.82, 2.24) is 5.32 Å². The fourth-order valence-corrected chi connectivity index (χ4v) is 6.50. The monoisotopic (exact) mass is 744 g/mol. The number of hydrogen-bond donors (Lipinski definition) is 3. The summed E-state index contributed by atoms with van der Waals surface area (Å²) in [6.45, 7) is 6.27. The highest BCUT2D eigenvalue weighted by molar-refractivity contribution is 5.77. The molecule has 0 aliphatic heterocycles. The maximum Gasteiger partial charge on any atom is 0.306 e. The summed E-state index contributed by atoms with van der Waals surface area (Å²) in [6, 6.07) is -0.708. The number of ether oxygens (including phenoxy) is 1. The van der Waals surface area contributed by atoms with Crippen LogP contribution in [0.15, 0.2) is 48.6 Å². The van der Waals surface area contributed by atoms with E-state index < -0.39 is 18.2 Å². The molecule has 6 nitrogen and oxygen atoms in total. The summed E-state index contributed by atoms with van der Waals surface area (Å²) >= 11 is 0. The Bertz CT molecular complexity index is 926. The van der Waals surface area contributed by atoms with Crippen LogP contribution < -0.4 is 5.32 Å². The van der Waals surface area contributed by atoms with Crippen LogP contribution in [0.4, 0.5) is 0 Å². The number of rotatable bonds is 39. The van der Waals surface area contributed by atoms with Gasteiger partial charge in [0.1, 0.15) is 6.10 Å². The highest BCUT2D eigenvalue weighted by atomic mass is 16.5. The summed E-state index contributed by atoms with van der Waals surface area (Å²) < 4.78 is 5.86. The number of aliphatic hydroxyl groups excluding tert-OH is 2. The summed E-state index contributed by atoms with van der Waals surface area (Å²) in [5.74, 6) is -0.522. The average molecular weight is 744 g/mol. The Morgan fingerprint density at radius 1 is 0.566 bits per heavy atom. The summed E-state index contributed by atoms with van der Waals surface area (Å²) in [5, 5.41) is 23.6. The van der Waals surface area contributed by atoms with Crippen LogP contribution in [0.5, 0.6) is 0 Å². The molecule has 0 saturated carbocycles. The first-order chi connectivity index (χ1) is 26.0. The molecule has 0 fully saturated rings. The molecule has 3 N–H and O–H groups in total. The molecule has 3 unspecified atom stereocenters. The van der Waals surface area contributed by atoms with Crippen LogP contribution in [-0.2, 0) is 14.3 Å². The minimum atomic E-state index is -0.792. The number of aliphatic hydroxyl groups is 2. The van der Waals surface area contributed by atoms with E-state index in [0.717, 1.165) is 109 Å². The first-order valence-corrected chi connectivity index (χ1v) is 22.4. The Morgan fingerprint density at radius 3 is 1.66 bits per heavy atom. The van der Waals surface area contributed by atoms with E-state index in [1.54, 1.807) is 0 Å². The minimum Gasteiger partial charge on any atom is -0.462 e. The van der Waals surface area contributed by atoms with Crippen molar-refractivity contribution >= 4 is 11.9 Å². The largest absolute Gasteiger partial charge is 0.462 e. The molecule has 0 aromatic rings. The Hall–Kier alpha value is -2.18. The lowest BCUT2D eigenvalue weighted by molar-refractivity contribution is -0.151. The number of carbonyl (C=O) groups is 2. The fourth-order valence-electron chi connectivity index (χ4n) is 6.50. The fraction of sp³-hybridized carbons (Fsp3) is 0.787. The zero-order valence-corrected chi connectivity index (χ0v) is 34.9. The van der Waals surface area contributed by atoms with E-state index in [2.05, 4.69) is 74.7 Å². The molecule has 3 atom stereocenters. The van der Waals surface area contributed by atoms with Gasteiger partial charge in [-0.05, 0) is 77.0 Å². The number of amides is 1. The molecular formula is C47H85NO5. The molecule has 0 aliphatic carbocycles. The molecular weight excluding hydrogens is 659 g/mol. The van der Waals surface area contributed by atoms with Gasteiger partial charge in [0.2, 0.25) is 5.91 Å². The summed E-state index contributed by atoms with van der Waals surface area (Å²) in [5.41, 5.74) is 0. The van der Waals surface area contributed by atoms with E-state index in [0.29, 0.717) is 19.3 Å². The molecule has 53 heavy (non-hydrogen) atoms. The predicted molar refractivity (Wildman–Crippen MR) is 227 cm³/mol. The number of unbranched alkanes of at least 4 members (excludes halogenated alkanes) is 19. The van der Waals surface area contributed by atoms with Crippen LogP contribution >= 0.6 is 0 Å². The van der Waals surface area contributed by atoms with Crippen molar-refractivity contribution in [2.75, 3.05) is 6.61 Å². The smallest absolute Gasteiger partial charge is 0.306 e. The van der Waals surface area contributed by atoms with Crippen LogP contribution in [-0.4, -0.2) is 46.9 Å². The predicted octanol–water partition coefficient (Wildman–Crippen LogP) is 12.7. The third kappa shape index (κ3) is 36.6. The lowest BCUT2D eigenvalue weighted by atomic mass is 10.0. The highest BCUT2D eigenvalue weighted by Crippen LogP contribution is 2.17. The molecule has 1 amide bonds. The average Bonchev–Trinajstić information content (AvgIpc) is 3.15. The summed E-state index contributed by atoms with van der Waals surface area (Å²) in [4.78, 5) is 25.9. The van der Waals surface area contributed by atoms with Gasteiger partial charge >= 0.3 is 5.97 Å². The summed E-state index contributed by atoms with van der Waals surface area (Å²) in [7, 11) is 0. The first kappa shape index (κ1) is 50.8. The van der Waals surface area contributed by atoms with Gasteiger partial charge in [0.25, 0.3) is 0 Å². The van der Waals surface area contributed by atoms with Gasteiger partial charge in [0, 0.05) is 6.42 Å². The zero-order chi connectivity index (χ0) is 38.9. The second kappa shape index (κ2) is 41.0. The van der Waals surface area contributed by atoms with E-state index >= 15 is 0 Å². The molecule has 0 saturated heterocycles. The molecule has 0 bridgehead atoms. The van der Waals surface area contributed by atoms with Gasteiger partial charge in [-0.1, -0.05) is 172 Å². The van der Waals surface area contributed by atoms with Crippen molar-refractivity contribution in [3.8, 4) is 0 Å². The molecule has 0 spiro atoms. The normalized spacial score (nSPS) is 13.8. The third-order valence-electron chi connectivity index (χ3n) is 9.87. The van der Waals surface area contributed by atoms with Gasteiger partial charge in [0.15, 0.2) is 0 Å². The molecule has 0 rings (SSSR count). The van der Waals surface area contributed by atoms with Gasteiger partial charge in [0.05, 0.1) is 25.2 Å². The van der Waals surface area contributed by atoms with Gasteiger partial charge in [-0.3, -0.25) is 9.59 Å². The van der Waals surface area contributed by atoms with Crippen molar-refractivity contribution < 1.29 is 24.5 Å². The standard InChI is InChI=1S/C47H85NO5/c1-4-7-10-13-16-19-21-23-24-26-28-31-34-37-40-47(52)53-43(38-35-32-29-18-15-12-9-6-3)41-46(51)48-44(42-49)45(50)39-36-33-30-27-25-22-20-17-14-11-8-5-2/h7,10,12,15-16,19,23-24,43-45,49-50H,4-6,8-9,11,13-14,17-18,20-22,25-42H2,1-3H3,(H,48,51)/b10-7+,15-12-,19-16+,24-23+. The third-order valence-corrected chi connectivity index (χ3v) is 9.87. The minimum absolute atomic E-state index is 0.0565. The molecule has 0 aliphatic rings. The van der Waals surface area contributed by atoms with E-state index in [1.165, 1.54) is 57.8 Å². The number of carbonyl (C=O) groups excluding carboxylic acids is 2. The Labute approximate surface area is 327 Å². The number of nitrogens with one attached hydrogen (secondary N) is 1. The van der Waals surface area contributed by atoms with Crippen LogP contribution in [0.25, 0.3) is 0 Å². The Kier molecular flexibility index (Phi) is 39.3. The van der Waals surface area contributed by atoms with Gasteiger partial charge in [-0.2, -0.15) is 0 Å². The molecule has 0 heterocycles. The van der Waals surface area contributed by atoms with Gasteiger partial charge in [-0.25, -0.2) is 0 Å². The van der Waals surface area contributed by atoms with Crippen LogP contribution in [0, 0.1) is 0 Å². The van der Waals surface area contributed by atoms with E-state index in [-0.39, 0.29) is 24.9 Å². The van der Waals surface area contributed by atoms with Crippen LogP contribution in [0.1, 0.15) is 213 Å². The van der Waals surface area contributed by atoms with Crippen LogP contribution in [0.3, 0.4) is 0 Å². The highest BCUT2D eigenvalue weighted by Gasteiger charge is 2.24. The molecule has 0 radical (unpaired) electrons. The number of esters is 1. The second-order valence-electron chi connectivity index (χ2n) is 15.1. The van der Waals surface area contributed by atoms with E-state index in [4.69, 9.17) is 4.74 Å². The lowest BCUT2D eigenvalue weighted by Gasteiger charge is -2.24. The van der Waals surface area contributed by atoms with Crippen molar-refractivity contribution in [1.29, 1.82) is 0 Å². The Balaban J connectivity index is 4.54. The SMILES string of the molecule is CC/C=C/C/C=C/C/C=C/CCCCCCC(=O)OC(CCCCC/C=C\CCC)CC(=O)NC(CO)C(O)CCCCCCCCCCCCCC. The maximum absolute atomic E-state index is 13.1. The van der Waals surface area contributed by atoms with Gasteiger partial charge in [-0.15, -0.1) is 0 Å².